The Morgan fingerprint density at radius 1 is 0.787 bits per heavy atom. The average Bonchev–Trinajstić information content (AvgIpc) is 3.63. The summed E-state index contributed by atoms with van der Waals surface area (Å²) < 4.78 is 3.34. The van der Waals surface area contributed by atoms with Gasteiger partial charge in [0.2, 0.25) is 0 Å². The smallest absolute Gasteiger partial charge is 0.358 e. The van der Waals surface area contributed by atoms with Gasteiger partial charge in [0.05, 0.1) is 0 Å². The Labute approximate surface area is 315 Å². The Kier molecular flexibility index (Phi) is 15.6. The first-order valence-electron chi connectivity index (χ1n) is 16.0. The first kappa shape index (κ1) is 43.0. The van der Waals surface area contributed by atoms with Gasteiger partial charge in [-0.1, -0.05) is 105 Å². The quantitative estimate of drug-likeness (QED) is 0.170. The van der Waals surface area contributed by atoms with Gasteiger partial charge in [-0.2, -0.15) is 53.1 Å². The van der Waals surface area contributed by atoms with E-state index in [1.54, 1.807) is 0 Å². The van der Waals surface area contributed by atoms with Crippen molar-refractivity contribution in [3.8, 4) is 11.1 Å². The van der Waals surface area contributed by atoms with Crippen molar-refractivity contribution in [1.29, 1.82) is 0 Å². The summed E-state index contributed by atoms with van der Waals surface area (Å²) in [6, 6.07) is 20.6. The molecule has 0 aliphatic heterocycles. The second-order valence-electron chi connectivity index (χ2n) is 14.1. The molecule has 3 heteroatoms. The number of fused-ring (bicyclic) bond motifs is 5. The van der Waals surface area contributed by atoms with Crippen molar-refractivity contribution >= 4 is 40.2 Å². The van der Waals surface area contributed by atoms with Gasteiger partial charge in [-0.15, -0.1) is 36.4 Å². The monoisotopic (exact) mass is 742 g/mol. The van der Waals surface area contributed by atoms with Crippen LogP contribution >= 0.6 is 24.8 Å². The Morgan fingerprint density at radius 3 is 1.77 bits per heavy atom. The first-order valence-corrected chi connectivity index (χ1v) is 17.7. The van der Waals surface area contributed by atoms with Crippen LogP contribution < -0.4 is 0 Å². The van der Waals surface area contributed by atoms with Gasteiger partial charge in [0.25, 0.3) is 0 Å². The second-order valence-corrected chi connectivity index (χ2v) is 14.1. The summed E-state index contributed by atoms with van der Waals surface area (Å²) in [5, 5.41) is 0. The van der Waals surface area contributed by atoms with E-state index < -0.39 is 0 Å². The van der Waals surface area contributed by atoms with E-state index in [4.69, 9.17) is 0 Å². The third-order valence-corrected chi connectivity index (χ3v) is 9.25. The van der Waals surface area contributed by atoms with Crippen LogP contribution in [0, 0.1) is 44.4 Å². The van der Waals surface area contributed by atoms with Crippen molar-refractivity contribution < 1.29 is 24.2 Å². The Balaban J connectivity index is 0.000000420. The molecule has 1 atom stereocenters. The Morgan fingerprint density at radius 2 is 1.32 bits per heavy atom. The van der Waals surface area contributed by atoms with Crippen LogP contribution in [-0.4, -0.2) is 4.21 Å². The van der Waals surface area contributed by atoms with E-state index >= 15 is 0 Å². The molecule has 4 aliphatic carbocycles. The van der Waals surface area contributed by atoms with Crippen LogP contribution in [-0.2, 0) is 41.5 Å². The van der Waals surface area contributed by atoms with Crippen LogP contribution in [0.3, 0.4) is 0 Å². The first-order chi connectivity index (χ1) is 20.7. The minimum atomic E-state index is 0. The molecule has 0 radical (unpaired) electrons. The number of benzene rings is 3. The maximum Gasteiger partial charge on any atom is -0.358 e. The van der Waals surface area contributed by atoms with Gasteiger partial charge in [0, 0.05) is 5.41 Å². The Bertz CT molecular complexity index is 1600. The fourth-order valence-corrected chi connectivity index (χ4v) is 7.23. The molecule has 0 bridgehead atoms. The van der Waals surface area contributed by atoms with Gasteiger partial charge in [-0.05, 0) is 58.4 Å². The minimum absolute atomic E-state index is 0. The minimum Gasteiger partial charge on any atom is -0.358 e. The summed E-state index contributed by atoms with van der Waals surface area (Å²) in [4.78, 5) is 0. The van der Waals surface area contributed by atoms with Crippen molar-refractivity contribution in [2.75, 3.05) is 0 Å². The van der Waals surface area contributed by atoms with Crippen molar-refractivity contribution in [1.82, 2.24) is 0 Å². The van der Waals surface area contributed by atoms with E-state index in [0.717, 1.165) is 6.42 Å². The summed E-state index contributed by atoms with van der Waals surface area (Å²) in [6.45, 7) is 24.5. The molecular weight excluding hydrogens is 691 g/mol. The fourth-order valence-electron chi connectivity index (χ4n) is 7.23. The van der Waals surface area contributed by atoms with E-state index in [1.165, 1.54) is 96.6 Å². The normalized spacial score (nSPS) is 17.6. The molecule has 0 N–H and O–H groups in total. The summed E-state index contributed by atoms with van der Waals surface area (Å²) in [6.07, 6.45) is 12.8. The zero-order valence-electron chi connectivity index (χ0n) is 30.7. The topological polar surface area (TPSA) is 0 Å². The molecule has 7 rings (SSSR count). The summed E-state index contributed by atoms with van der Waals surface area (Å²) >= 11 is 1.30. The molecule has 252 valence electrons. The predicted molar refractivity (Wildman–Crippen MR) is 209 cm³/mol. The van der Waals surface area contributed by atoms with Crippen molar-refractivity contribution in [3.63, 3.8) is 0 Å². The van der Waals surface area contributed by atoms with Gasteiger partial charge in [0.1, 0.15) is 0 Å². The third kappa shape index (κ3) is 9.15. The van der Waals surface area contributed by atoms with Crippen LogP contribution in [0.4, 0.5) is 0 Å². The van der Waals surface area contributed by atoms with Crippen molar-refractivity contribution in [2.24, 2.45) is 11.8 Å². The number of hydrogen-bond acceptors (Lipinski definition) is 0. The van der Waals surface area contributed by atoms with Crippen LogP contribution in [0.1, 0.15) is 108 Å². The van der Waals surface area contributed by atoms with Gasteiger partial charge in [-0.3, -0.25) is 12.2 Å². The molecule has 0 aromatic heterocycles. The zero-order valence-corrected chi connectivity index (χ0v) is 34.7. The van der Waals surface area contributed by atoms with E-state index in [9.17, 15) is 0 Å². The summed E-state index contributed by atoms with van der Waals surface area (Å²) in [7, 11) is 0. The van der Waals surface area contributed by atoms with Gasteiger partial charge >= 0.3 is 28.4 Å². The average molecular weight is 745 g/mol. The van der Waals surface area contributed by atoms with Crippen molar-refractivity contribution in [2.45, 2.75) is 93.4 Å². The Hall–Kier alpha value is -2.05. The second kappa shape index (κ2) is 17.1. The third-order valence-electron chi connectivity index (χ3n) is 9.25. The number of rotatable bonds is 1. The molecule has 0 amide bonds. The van der Waals surface area contributed by atoms with Gasteiger partial charge in [0.15, 0.2) is 0 Å². The van der Waals surface area contributed by atoms with Crippen LogP contribution in [0.2, 0.25) is 0 Å². The van der Waals surface area contributed by atoms with Crippen LogP contribution in [0.5, 0.6) is 0 Å². The fraction of sp³-hybridized carbons (Fsp3) is 0.364. The summed E-state index contributed by atoms with van der Waals surface area (Å²) in [5.41, 5.74) is 18.7. The molecule has 1 unspecified atom stereocenters. The molecule has 0 heterocycles. The molecule has 3 aromatic rings. The molecule has 0 saturated heterocycles. The van der Waals surface area contributed by atoms with E-state index in [0.29, 0.717) is 11.8 Å². The van der Waals surface area contributed by atoms with E-state index in [-0.39, 0.29) is 43.1 Å². The number of allylic oxidation sites excluding steroid dienone is 8. The molecule has 0 spiro atoms. The molecular formula is C44H54Cl2Zr-4. The molecule has 0 fully saturated rings. The standard InChI is InChI=1S/C25H25.C10H15.C7H7.CH3.CH2.2ClH.Zr/c1-14-12-24(3,4)22-8-16-7-17-9-23-19(15(2)13-25(23,5)6)11-21(17)20(16)10-18(14)22;1-7(2)10-6-8(3)5-9(10)4;1-7-5-3-2-4-6-7;;;;;/h8-12H,7H2,1-6H3;6-8H,1-4H3;3-6H,1H3;1H3;1H2;2*1H;/q4*-1;;;;. The largest absolute Gasteiger partial charge is 0.358 e. The SMILES string of the molecule is CC1=[C-]C(C)(C)c2cc3c(cc21)-c1cc2c(cc1C3)C(C)(C)C=C2C.CC1=[C-]C(C)C=C1C(C)C.Cc1cc[c-]cc1.Cl.Cl.[CH2]=[Zr].[CH3-]. The molecule has 0 nitrogen and oxygen atoms in total. The summed E-state index contributed by atoms with van der Waals surface area (Å²) in [5.74, 6) is 1.20. The maximum atomic E-state index is 3.65. The molecule has 3 aromatic carbocycles. The number of halogens is 2. The molecule has 0 saturated carbocycles. The number of aryl methyl sites for hydroxylation is 1. The van der Waals surface area contributed by atoms with E-state index in [1.807, 2.05) is 24.3 Å². The molecule has 47 heavy (non-hydrogen) atoms. The van der Waals surface area contributed by atoms with Gasteiger partial charge < -0.3 is 7.43 Å². The predicted octanol–water partition coefficient (Wildman–Crippen LogP) is 12.5. The van der Waals surface area contributed by atoms with Crippen LogP contribution in [0.25, 0.3) is 22.3 Å². The zero-order chi connectivity index (χ0) is 32.6. The van der Waals surface area contributed by atoms with Crippen LogP contribution in [0.15, 0.2) is 71.8 Å². The molecule has 4 aliphatic rings. The number of hydrogen-bond donors (Lipinski definition) is 0. The van der Waals surface area contributed by atoms with Crippen molar-refractivity contribution in [3.05, 3.63) is 136 Å². The van der Waals surface area contributed by atoms with E-state index in [2.05, 4.69) is 135 Å². The van der Waals surface area contributed by atoms with Gasteiger partial charge in [-0.25, -0.2) is 11.1 Å². The maximum absolute atomic E-state index is 3.65.